The van der Waals surface area contributed by atoms with Crippen molar-refractivity contribution in [2.75, 3.05) is 0 Å². The number of hydrogen-bond acceptors (Lipinski definition) is 11. The van der Waals surface area contributed by atoms with Gasteiger partial charge in [-0.3, -0.25) is 39.7 Å². The normalized spacial score (nSPS) is 6.28. The van der Waals surface area contributed by atoms with Crippen molar-refractivity contribution in [1.82, 2.24) is 24.9 Å². The van der Waals surface area contributed by atoms with Crippen LogP contribution in [0, 0.1) is 0 Å². The number of hydrogen-bond donors (Lipinski definition) is 0. The second-order valence-corrected chi connectivity index (χ2v) is 6.87. The zero-order valence-corrected chi connectivity index (χ0v) is 31.8. The van der Waals surface area contributed by atoms with Crippen LogP contribution >= 0.6 is 0 Å². The molecule has 0 N–H and O–H groups in total. The summed E-state index contributed by atoms with van der Waals surface area (Å²) in [5, 5.41) is 26.7. The second kappa shape index (κ2) is 76.5. The molecule has 5 aromatic rings. The van der Waals surface area contributed by atoms with E-state index in [4.69, 9.17) is 62.9 Å². The molecule has 23 heteroatoms. The Morgan fingerprint density at radius 3 is 0.426 bits per heavy atom. The molecular formula is C31H34Co3N14O6. The topological polar surface area (TPSA) is 361 Å². The van der Waals surface area contributed by atoms with Gasteiger partial charge in [0.2, 0.25) is 0 Å². The molecule has 0 aromatic carbocycles. The molecule has 0 aliphatic heterocycles. The molecule has 0 aliphatic carbocycles. The molecule has 5 aromatic heterocycles. The molecule has 0 fully saturated rings. The van der Waals surface area contributed by atoms with Crippen LogP contribution in [0.5, 0.6) is 0 Å². The van der Waals surface area contributed by atoms with E-state index < -0.39 is 17.9 Å². The third kappa shape index (κ3) is 163. The molecule has 0 saturated heterocycles. The van der Waals surface area contributed by atoms with E-state index in [1.807, 2.05) is 91.0 Å². The number of carbonyl (C=O) groups excluding carboxylic acids is 3. The summed E-state index contributed by atoms with van der Waals surface area (Å²) < 4.78 is 0. The molecule has 0 unspecified atom stereocenters. The quantitative estimate of drug-likeness (QED) is 0.120. The number of carboxylic acids is 3. The third-order valence-electron chi connectivity index (χ3n) is 2.83. The monoisotopic (exact) mass is 875 g/mol. The Hall–Kier alpha value is -6.39. The van der Waals surface area contributed by atoms with Crippen LogP contribution in [0.15, 0.2) is 153 Å². The standard InChI is InChI=1S/5C5H5N.3C2H4O2.3Co.3N3/c5*1-2-4-6-5-3-1;3*1-2(3)4;;;;3*1-3-2/h5*1-5H;3*1H3,(H,3,4);;;;;;/q;;;;;;;;3*+2;3*-1/p-3. The smallest absolute Gasteiger partial charge is 0.550 e. The minimum atomic E-state index is -1.08. The van der Waals surface area contributed by atoms with Crippen molar-refractivity contribution in [2.24, 2.45) is 0 Å². The zero-order chi connectivity index (χ0) is 40.1. The summed E-state index contributed by atoms with van der Waals surface area (Å²) in [7, 11) is 0. The number of aliphatic carboxylic acids is 3. The number of nitrogens with zero attached hydrogens (tertiary/aromatic N) is 14. The molecule has 5 rings (SSSR count). The minimum absolute atomic E-state index is 0. The van der Waals surface area contributed by atoms with E-state index in [1.165, 1.54) is 14.7 Å². The fourth-order valence-electron chi connectivity index (χ4n) is 1.56. The SMILES string of the molecule is CC(=O)[O-].CC(=O)[O-].CC(=O)[O-].[Co+2].[Co+2].[Co+2].[N-]=[N+]=[N-].[N-]=[N+]=[N-].[N-]=[N+]=[N-].c1ccncc1.c1ccncc1.c1ccncc1.c1ccncc1.c1ccncc1. The van der Waals surface area contributed by atoms with Gasteiger partial charge in [-0.25, -0.2) is 0 Å². The fraction of sp³-hybridized carbons (Fsp3) is 0.0968. The minimum Gasteiger partial charge on any atom is -0.550 e. The average molecular weight is 876 g/mol. The Morgan fingerprint density at radius 1 is 0.333 bits per heavy atom. The first-order valence-electron chi connectivity index (χ1n) is 13.2. The maximum absolute atomic E-state index is 8.89. The number of carbonyl (C=O) groups is 3. The van der Waals surface area contributed by atoms with Crippen molar-refractivity contribution >= 4 is 17.9 Å². The van der Waals surface area contributed by atoms with Gasteiger partial charge in [-0.05, 0) is 81.4 Å². The van der Waals surface area contributed by atoms with Gasteiger partial charge in [0.15, 0.2) is 0 Å². The number of rotatable bonds is 0. The Balaban J connectivity index is -0.0000000593. The number of carboxylic acid groups (broad SMARTS) is 3. The molecule has 0 saturated carbocycles. The van der Waals surface area contributed by atoms with Gasteiger partial charge >= 0.3 is 50.3 Å². The Morgan fingerprint density at radius 2 is 0.407 bits per heavy atom. The van der Waals surface area contributed by atoms with Gasteiger partial charge in [0.25, 0.3) is 0 Å². The van der Waals surface area contributed by atoms with E-state index in [0.29, 0.717) is 0 Å². The first-order valence-corrected chi connectivity index (χ1v) is 13.2. The number of pyridine rings is 5. The van der Waals surface area contributed by atoms with Crippen LogP contribution in [-0.2, 0) is 64.7 Å². The molecule has 3 radical (unpaired) electrons. The maximum Gasteiger partial charge on any atom is 2.00 e. The summed E-state index contributed by atoms with van der Waals surface area (Å²) in [5.41, 5.74) is 40.5. The molecule has 5 heterocycles. The molecule has 0 amide bonds. The molecule has 0 aliphatic rings. The average Bonchev–Trinajstić information content (AvgIpc) is 3.14. The molecular weight excluding hydrogens is 841 g/mol. The Bertz CT molecular complexity index is 1090. The van der Waals surface area contributed by atoms with Crippen LogP contribution in [0.3, 0.4) is 0 Å². The summed E-state index contributed by atoms with van der Waals surface area (Å²) in [6.07, 6.45) is 17.5. The summed E-state index contributed by atoms with van der Waals surface area (Å²) in [5.74, 6) is -3.25. The second-order valence-electron chi connectivity index (χ2n) is 6.87. The third-order valence-corrected chi connectivity index (χ3v) is 2.83. The zero-order valence-electron chi connectivity index (χ0n) is 28.6. The van der Waals surface area contributed by atoms with E-state index in [-0.39, 0.29) is 50.3 Å². The first kappa shape index (κ1) is 69.4. The first-order chi connectivity index (χ1) is 24.4. The largest absolute Gasteiger partial charge is 2.00 e. The van der Waals surface area contributed by atoms with Crippen LogP contribution < -0.4 is 15.3 Å². The van der Waals surface area contributed by atoms with Crippen molar-refractivity contribution in [1.29, 1.82) is 0 Å². The summed E-state index contributed by atoms with van der Waals surface area (Å²) in [6, 6.07) is 28.6. The van der Waals surface area contributed by atoms with Crippen molar-refractivity contribution < 1.29 is 80.0 Å². The van der Waals surface area contributed by atoms with E-state index in [9.17, 15) is 0 Å². The van der Waals surface area contributed by atoms with Crippen molar-refractivity contribution in [2.45, 2.75) is 20.8 Å². The van der Waals surface area contributed by atoms with E-state index in [0.717, 1.165) is 20.8 Å². The summed E-state index contributed by atoms with van der Waals surface area (Å²) in [6.45, 7) is 2.92. The van der Waals surface area contributed by atoms with Gasteiger partial charge in [0.1, 0.15) is 0 Å². The molecule has 20 nitrogen and oxygen atoms in total. The van der Waals surface area contributed by atoms with E-state index in [1.54, 1.807) is 62.0 Å². The van der Waals surface area contributed by atoms with Crippen molar-refractivity contribution in [3.05, 3.63) is 201 Å². The summed E-state index contributed by atoms with van der Waals surface area (Å²) in [4.78, 5) is 50.1. The fourth-order valence-corrected chi connectivity index (χ4v) is 1.56. The van der Waals surface area contributed by atoms with Crippen molar-refractivity contribution in [3.8, 4) is 0 Å². The van der Waals surface area contributed by atoms with Crippen LogP contribution in [0.25, 0.3) is 47.9 Å². The van der Waals surface area contributed by atoms with Crippen LogP contribution in [-0.4, -0.2) is 42.8 Å². The van der Waals surface area contributed by atoms with Crippen LogP contribution in [0.4, 0.5) is 0 Å². The molecule has 0 atom stereocenters. The van der Waals surface area contributed by atoms with Gasteiger partial charge in [-0.2, -0.15) is 0 Å². The van der Waals surface area contributed by atoms with Crippen LogP contribution in [0.1, 0.15) is 20.8 Å². The van der Waals surface area contributed by atoms with Gasteiger partial charge in [-0.1, -0.05) is 30.3 Å². The number of aromatic nitrogens is 5. The van der Waals surface area contributed by atoms with Gasteiger partial charge in [0, 0.05) is 79.9 Å². The molecule has 291 valence electrons. The van der Waals surface area contributed by atoms with Gasteiger partial charge in [-0.15, -0.1) is 0 Å². The van der Waals surface area contributed by atoms with Gasteiger partial charge < -0.3 is 62.9 Å². The molecule has 54 heavy (non-hydrogen) atoms. The Kier molecular flexibility index (Phi) is 98.2. The predicted octanol–water partition coefficient (Wildman–Crippen LogP) is 4.27. The molecule has 0 spiro atoms. The van der Waals surface area contributed by atoms with Crippen LogP contribution in [0.2, 0.25) is 0 Å². The maximum atomic E-state index is 8.89. The predicted molar refractivity (Wildman–Crippen MR) is 183 cm³/mol. The van der Waals surface area contributed by atoms with Gasteiger partial charge in [0.05, 0.1) is 0 Å². The van der Waals surface area contributed by atoms with E-state index in [2.05, 4.69) is 24.9 Å². The Labute approximate surface area is 343 Å². The molecule has 0 bridgehead atoms. The summed E-state index contributed by atoms with van der Waals surface area (Å²) >= 11 is 0. The van der Waals surface area contributed by atoms with Crippen molar-refractivity contribution in [3.63, 3.8) is 0 Å². The van der Waals surface area contributed by atoms with E-state index >= 15 is 0 Å².